The van der Waals surface area contributed by atoms with Gasteiger partial charge in [0.05, 0.1) is 5.56 Å². The maximum Gasteiger partial charge on any atom is 0.446 e. The van der Waals surface area contributed by atoms with E-state index in [2.05, 4.69) is 0 Å². The molecule has 0 spiro atoms. The number of rotatable bonds is 1. The van der Waals surface area contributed by atoms with Crippen LogP contribution in [-0.2, 0) is 0 Å². The van der Waals surface area contributed by atoms with E-state index in [9.17, 15) is 13.2 Å². The van der Waals surface area contributed by atoms with Gasteiger partial charge in [-0.3, -0.25) is 0 Å². The van der Waals surface area contributed by atoms with E-state index < -0.39 is 5.51 Å². The Bertz CT molecular complexity index is 383. The molecule has 0 N–H and O–H groups in total. The molecule has 0 aromatic heterocycles. The highest BCUT2D eigenvalue weighted by molar-refractivity contribution is 8.00. The maximum absolute atomic E-state index is 12.0. The summed E-state index contributed by atoms with van der Waals surface area (Å²) in [7, 11) is 0. The van der Waals surface area contributed by atoms with E-state index in [-0.39, 0.29) is 27.2 Å². The Balaban J connectivity index is 3.07. The Labute approximate surface area is 87.5 Å². The lowest BCUT2D eigenvalue weighted by molar-refractivity contribution is -0.0328. The Morgan fingerprint density at radius 2 is 2.00 bits per heavy atom. The molecule has 0 aliphatic heterocycles. The molecular weight excluding hydrogens is 235 g/mol. The Morgan fingerprint density at radius 3 is 2.50 bits per heavy atom. The minimum Gasteiger partial charge on any atom is -0.192 e. The van der Waals surface area contributed by atoms with Crippen molar-refractivity contribution in [3.8, 4) is 6.07 Å². The van der Waals surface area contributed by atoms with Gasteiger partial charge >= 0.3 is 5.51 Å². The molecule has 0 heterocycles. The summed E-state index contributed by atoms with van der Waals surface area (Å²) in [5, 5.41) is 8.71. The molecule has 74 valence electrons. The van der Waals surface area contributed by atoms with Gasteiger partial charge in [0.15, 0.2) is 0 Å². The van der Waals surface area contributed by atoms with E-state index in [0.29, 0.717) is 0 Å². The molecule has 1 nitrogen and oxygen atoms in total. The first kappa shape index (κ1) is 11.2. The molecular formula is C8H3ClF3NS. The van der Waals surface area contributed by atoms with Crippen molar-refractivity contribution in [1.29, 1.82) is 5.26 Å². The summed E-state index contributed by atoms with van der Waals surface area (Å²) in [6, 6.07) is 5.43. The van der Waals surface area contributed by atoms with Gasteiger partial charge < -0.3 is 0 Å². The van der Waals surface area contributed by atoms with Crippen molar-refractivity contribution >= 4 is 23.4 Å². The number of hydrogen-bond donors (Lipinski definition) is 0. The third kappa shape index (κ3) is 3.13. The fraction of sp³-hybridized carbons (Fsp3) is 0.125. The second kappa shape index (κ2) is 4.11. The summed E-state index contributed by atoms with van der Waals surface area (Å²) in [5.41, 5.74) is -4.44. The zero-order valence-electron chi connectivity index (χ0n) is 6.60. The fourth-order valence-electron chi connectivity index (χ4n) is 0.798. The van der Waals surface area contributed by atoms with Gasteiger partial charge in [-0.05, 0) is 30.0 Å². The first-order chi connectivity index (χ1) is 6.42. The molecule has 14 heavy (non-hydrogen) atoms. The molecule has 0 fully saturated rings. The summed E-state index contributed by atoms with van der Waals surface area (Å²) in [6.45, 7) is 0. The van der Waals surface area contributed by atoms with Crippen molar-refractivity contribution < 1.29 is 13.2 Å². The predicted molar refractivity (Wildman–Crippen MR) is 48.1 cm³/mol. The first-order valence-corrected chi connectivity index (χ1v) is 4.57. The highest BCUT2D eigenvalue weighted by Crippen LogP contribution is 2.39. The molecule has 0 saturated carbocycles. The normalized spacial score (nSPS) is 11.1. The van der Waals surface area contributed by atoms with Crippen LogP contribution in [0.5, 0.6) is 0 Å². The lowest BCUT2D eigenvalue weighted by Crippen LogP contribution is -2.00. The Morgan fingerprint density at radius 1 is 1.36 bits per heavy atom. The third-order valence-corrected chi connectivity index (χ3v) is 2.31. The second-order valence-corrected chi connectivity index (χ2v) is 3.84. The van der Waals surface area contributed by atoms with Crippen LogP contribution in [0.3, 0.4) is 0 Å². The Kier molecular flexibility index (Phi) is 3.29. The second-order valence-electron chi connectivity index (χ2n) is 2.30. The molecule has 0 radical (unpaired) electrons. The van der Waals surface area contributed by atoms with Gasteiger partial charge in [0.25, 0.3) is 0 Å². The monoisotopic (exact) mass is 237 g/mol. The fourth-order valence-corrected chi connectivity index (χ4v) is 1.69. The van der Waals surface area contributed by atoms with Crippen molar-refractivity contribution in [3.63, 3.8) is 0 Å². The van der Waals surface area contributed by atoms with E-state index in [4.69, 9.17) is 16.9 Å². The van der Waals surface area contributed by atoms with E-state index in [0.717, 1.165) is 6.07 Å². The van der Waals surface area contributed by atoms with Crippen LogP contribution in [0, 0.1) is 11.3 Å². The number of halogens is 4. The van der Waals surface area contributed by atoms with Crippen molar-refractivity contribution in [2.45, 2.75) is 10.4 Å². The quantitative estimate of drug-likeness (QED) is 0.694. The topological polar surface area (TPSA) is 23.8 Å². The lowest BCUT2D eigenvalue weighted by atomic mass is 10.2. The van der Waals surface area contributed by atoms with Gasteiger partial charge in [-0.15, -0.1) is 0 Å². The van der Waals surface area contributed by atoms with Crippen molar-refractivity contribution in [2.75, 3.05) is 0 Å². The number of nitrogens with zero attached hydrogens (tertiary/aromatic N) is 1. The molecule has 0 bridgehead atoms. The van der Waals surface area contributed by atoms with Gasteiger partial charge in [0, 0.05) is 9.92 Å². The van der Waals surface area contributed by atoms with Crippen molar-refractivity contribution in [2.24, 2.45) is 0 Å². The summed E-state index contributed by atoms with van der Waals surface area (Å²) in [6.07, 6.45) is 0. The molecule has 0 unspecified atom stereocenters. The molecule has 6 heteroatoms. The van der Waals surface area contributed by atoms with Crippen LogP contribution in [-0.4, -0.2) is 5.51 Å². The minimum absolute atomic E-state index is 0.0308. The standard InChI is InChI=1S/C8H3ClF3NS/c9-6-2-1-5(4-13)7(3-6)14-8(10,11)12/h1-3H. The lowest BCUT2D eigenvalue weighted by Gasteiger charge is -2.06. The van der Waals surface area contributed by atoms with E-state index in [1.54, 1.807) is 6.07 Å². The van der Waals surface area contributed by atoms with Crippen molar-refractivity contribution in [3.05, 3.63) is 28.8 Å². The molecule has 0 atom stereocenters. The molecule has 1 rings (SSSR count). The van der Waals surface area contributed by atoms with Crippen LogP contribution in [0.25, 0.3) is 0 Å². The molecule has 1 aromatic rings. The summed E-state index contributed by atoms with van der Waals surface area (Å²) in [5.74, 6) is 0. The van der Waals surface area contributed by atoms with Crippen LogP contribution in [0.2, 0.25) is 5.02 Å². The Hall–Kier alpha value is -0.860. The number of alkyl halides is 3. The maximum atomic E-state index is 12.0. The van der Waals surface area contributed by atoms with Gasteiger partial charge in [-0.25, -0.2) is 0 Å². The smallest absolute Gasteiger partial charge is 0.192 e. The molecule has 0 amide bonds. The minimum atomic E-state index is -4.41. The van der Waals surface area contributed by atoms with E-state index >= 15 is 0 Å². The number of hydrogen-bond acceptors (Lipinski definition) is 2. The third-order valence-electron chi connectivity index (χ3n) is 1.29. The van der Waals surface area contributed by atoms with Gasteiger partial charge in [-0.2, -0.15) is 18.4 Å². The summed E-state index contributed by atoms with van der Waals surface area (Å²) >= 11 is 5.17. The first-order valence-electron chi connectivity index (χ1n) is 3.38. The van der Waals surface area contributed by atoms with Crippen molar-refractivity contribution in [1.82, 2.24) is 0 Å². The average molecular weight is 238 g/mol. The van der Waals surface area contributed by atoms with Crippen LogP contribution in [0.15, 0.2) is 23.1 Å². The summed E-state index contributed by atoms with van der Waals surface area (Å²) in [4.78, 5) is -0.174. The van der Waals surface area contributed by atoms with Gasteiger partial charge in [0.1, 0.15) is 6.07 Å². The number of nitriles is 1. The van der Waals surface area contributed by atoms with E-state index in [1.807, 2.05) is 0 Å². The largest absolute Gasteiger partial charge is 0.446 e. The predicted octanol–water partition coefficient (Wildman–Crippen LogP) is 3.82. The zero-order valence-corrected chi connectivity index (χ0v) is 8.17. The summed E-state index contributed by atoms with van der Waals surface area (Å²) < 4.78 is 36.0. The number of thioether (sulfide) groups is 1. The van der Waals surface area contributed by atoms with Gasteiger partial charge in [-0.1, -0.05) is 11.6 Å². The molecule has 1 aromatic carbocycles. The van der Waals surface area contributed by atoms with E-state index in [1.165, 1.54) is 12.1 Å². The van der Waals surface area contributed by atoms with Crippen LogP contribution >= 0.6 is 23.4 Å². The molecule has 0 saturated heterocycles. The average Bonchev–Trinajstić information content (AvgIpc) is 2.01. The highest BCUT2D eigenvalue weighted by Gasteiger charge is 2.30. The molecule has 0 aliphatic carbocycles. The van der Waals surface area contributed by atoms with Crippen LogP contribution < -0.4 is 0 Å². The number of benzene rings is 1. The SMILES string of the molecule is N#Cc1ccc(Cl)cc1SC(F)(F)F. The highest BCUT2D eigenvalue weighted by atomic mass is 35.5. The zero-order chi connectivity index (χ0) is 10.8. The van der Waals surface area contributed by atoms with Crippen LogP contribution in [0.1, 0.15) is 5.56 Å². The molecule has 0 aliphatic rings. The van der Waals surface area contributed by atoms with Crippen LogP contribution in [0.4, 0.5) is 13.2 Å². The van der Waals surface area contributed by atoms with Gasteiger partial charge in [0.2, 0.25) is 0 Å².